The van der Waals surface area contributed by atoms with Gasteiger partial charge in [-0.2, -0.15) is 11.8 Å². The van der Waals surface area contributed by atoms with Crippen LogP contribution in [0.5, 0.6) is 5.75 Å². The highest BCUT2D eigenvalue weighted by Crippen LogP contribution is 2.24. The summed E-state index contributed by atoms with van der Waals surface area (Å²) in [6.45, 7) is 7.98. The standard InChI is InChI=1S/C15H21NO3S/c1-11-9-16(10-12(2)20-11)7-8-19-14-6-4-3-5-13(14)15(17)18/h3-6,11-12H,7-10H2,1-2H3,(H,17,18). The molecule has 2 atom stereocenters. The van der Waals surface area contributed by atoms with E-state index in [1.54, 1.807) is 24.3 Å². The summed E-state index contributed by atoms with van der Waals surface area (Å²) in [6, 6.07) is 6.78. The molecule has 0 aromatic heterocycles. The summed E-state index contributed by atoms with van der Waals surface area (Å²) in [7, 11) is 0. The Labute approximate surface area is 124 Å². The third kappa shape index (κ3) is 4.15. The number of carboxylic acid groups (broad SMARTS) is 1. The Balaban J connectivity index is 1.85. The van der Waals surface area contributed by atoms with Crippen LogP contribution in [-0.4, -0.2) is 52.7 Å². The lowest BCUT2D eigenvalue weighted by Gasteiger charge is -2.34. The molecule has 2 rings (SSSR count). The van der Waals surface area contributed by atoms with E-state index in [1.807, 2.05) is 11.8 Å². The molecular formula is C15H21NO3S. The first-order chi connectivity index (χ1) is 9.56. The van der Waals surface area contributed by atoms with Crippen LogP contribution < -0.4 is 4.74 Å². The van der Waals surface area contributed by atoms with Crippen LogP contribution in [0.15, 0.2) is 24.3 Å². The zero-order valence-corrected chi connectivity index (χ0v) is 12.7. The van der Waals surface area contributed by atoms with E-state index in [-0.39, 0.29) is 5.56 Å². The summed E-state index contributed by atoms with van der Waals surface area (Å²) >= 11 is 2.02. The molecule has 0 spiro atoms. The fraction of sp³-hybridized carbons (Fsp3) is 0.533. The molecule has 1 aliphatic rings. The van der Waals surface area contributed by atoms with Crippen molar-refractivity contribution in [3.8, 4) is 5.75 Å². The third-order valence-corrected chi connectivity index (χ3v) is 4.51. The highest BCUT2D eigenvalue weighted by Gasteiger charge is 2.22. The van der Waals surface area contributed by atoms with Crippen LogP contribution in [-0.2, 0) is 0 Å². The second-order valence-electron chi connectivity index (χ2n) is 5.17. The zero-order chi connectivity index (χ0) is 14.5. The van der Waals surface area contributed by atoms with E-state index in [2.05, 4.69) is 18.7 Å². The molecule has 1 fully saturated rings. The van der Waals surface area contributed by atoms with E-state index in [9.17, 15) is 4.79 Å². The van der Waals surface area contributed by atoms with Gasteiger partial charge in [-0.25, -0.2) is 4.79 Å². The van der Waals surface area contributed by atoms with Crippen molar-refractivity contribution in [2.45, 2.75) is 24.3 Å². The van der Waals surface area contributed by atoms with E-state index in [1.165, 1.54) is 0 Å². The Bertz CT molecular complexity index is 456. The fourth-order valence-electron chi connectivity index (χ4n) is 2.52. The van der Waals surface area contributed by atoms with E-state index < -0.39 is 5.97 Å². The predicted molar refractivity (Wildman–Crippen MR) is 81.9 cm³/mol. The van der Waals surface area contributed by atoms with Gasteiger partial charge in [0.2, 0.25) is 0 Å². The molecule has 1 aromatic rings. The fourth-order valence-corrected chi connectivity index (χ4v) is 3.91. The second-order valence-corrected chi connectivity index (χ2v) is 7.05. The van der Waals surface area contributed by atoms with Crippen molar-refractivity contribution in [2.75, 3.05) is 26.2 Å². The van der Waals surface area contributed by atoms with Crippen LogP contribution in [0, 0.1) is 0 Å². The molecule has 1 aromatic carbocycles. The van der Waals surface area contributed by atoms with Crippen molar-refractivity contribution in [2.24, 2.45) is 0 Å². The monoisotopic (exact) mass is 295 g/mol. The SMILES string of the molecule is CC1CN(CCOc2ccccc2C(=O)O)CC(C)S1. The van der Waals surface area contributed by atoms with Gasteiger partial charge in [0.05, 0.1) is 0 Å². The first-order valence-corrected chi connectivity index (χ1v) is 7.83. The van der Waals surface area contributed by atoms with Crippen molar-refractivity contribution in [3.63, 3.8) is 0 Å². The average Bonchev–Trinajstić information content (AvgIpc) is 2.38. The summed E-state index contributed by atoms with van der Waals surface area (Å²) in [5, 5.41) is 10.4. The van der Waals surface area contributed by atoms with E-state index in [0.29, 0.717) is 22.9 Å². The summed E-state index contributed by atoms with van der Waals surface area (Å²) in [5.41, 5.74) is 0.225. The van der Waals surface area contributed by atoms with E-state index in [0.717, 1.165) is 19.6 Å². The van der Waals surface area contributed by atoms with Crippen LogP contribution in [0.2, 0.25) is 0 Å². The van der Waals surface area contributed by atoms with E-state index in [4.69, 9.17) is 9.84 Å². The van der Waals surface area contributed by atoms with Crippen molar-refractivity contribution in [1.82, 2.24) is 4.90 Å². The van der Waals surface area contributed by atoms with Crippen LogP contribution in [0.3, 0.4) is 0 Å². The molecule has 4 nitrogen and oxygen atoms in total. The molecule has 2 unspecified atom stereocenters. The molecule has 110 valence electrons. The first kappa shape index (κ1) is 15.2. The summed E-state index contributed by atoms with van der Waals surface area (Å²) < 4.78 is 5.64. The summed E-state index contributed by atoms with van der Waals surface area (Å²) in [6.07, 6.45) is 0. The van der Waals surface area contributed by atoms with Gasteiger partial charge in [0.1, 0.15) is 17.9 Å². The average molecular weight is 295 g/mol. The molecule has 0 bridgehead atoms. The van der Waals surface area contributed by atoms with Gasteiger partial charge in [-0.1, -0.05) is 26.0 Å². The molecule has 0 amide bonds. The number of rotatable bonds is 5. The summed E-state index contributed by atoms with van der Waals surface area (Å²) in [5.74, 6) is -0.496. The van der Waals surface area contributed by atoms with Gasteiger partial charge in [-0.15, -0.1) is 0 Å². The van der Waals surface area contributed by atoms with E-state index >= 15 is 0 Å². The topological polar surface area (TPSA) is 49.8 Å². The Morgan fingerprint density at radius 3 is 2.65 bits per heavy atom. The lowest BCUT2D eigenvalue weighted by molar-refractivity contribution is 0.0691. The molecule has 1 N–H and O–H groups in total. The van der Waals surface area contributed by atoms with Crippen LogP contribution in [0.4, 0.5) is 0 Å². The molecule has 0 radical (unpaired) electrons. The number of para-hydroxylation sites is 1. The summed E-state index contributed by atoms with van der Waals surface area (Å²) in [4.78, 5) is 13.5. The van der Waals surface area contributed by atoms with Crippen molar-refractivity contribution >= 4 is 17.7 Å². The van der Waals surface area contributed by atoms with Gasteiger partial charge in [-0.3, -0.25) is 4.90 Å². The predicted octanol–water partition coefficient (Wildman–Crippen LogP) is 2.59. The minimum atomic E-state index is -0.947. The maximum Gasteiger partial charge on any atom is 0.339 e. The van der Waals surface area contributed by atoms with Crippen LogP contribution in [0.25, 0.3) is 0 Å². The number of hydrogen-bond acceptors (Lipinski definition) is 4. The molecule has 0 saturated carbocycles. The Hall–Kier alpha value is -1.20. The molecule has 5 heteroatoms. The van der Waals surface area contributed by atoms with Crippen LogP contribution >= 0.6 is 11.8 Å². The lowest BCUT2D eigenvalue weighted by atomic mass is 10.2. The highest BCUT2D eigenvalue weighted by atomic mass is 32.2. The highest BCUT2D eigenvalue weighted by molar-refractivity contribution is 8.00. The lowest BCUT2D eigenvalue weighted by Crippen LogP contribution is -2.42. The normalized spacial score (nSPS) is 23.5. The second kappa shape index (κ2) is 6.99. The van der Waals surface area contributed by atoms with Crippen molar-refractivity contribution in [1.29, 1.82) is 0 Å². The third-order valence-electron chi connectivity index (χ3n) is 3.28. The number of aromatic carboxylic acids is 1. The minimum absolute atomic E-state index is 0.225. The van der Waals surface area contributed by atoms with Crippen molar-refractivity contribution < 1.29 is 14.6 Å². The maximum absolute atomic E-state index is 11.1. The van der Waals surface area contributed by atoms with Gasteiger partial charge in [-0.05, 0) is 12.1 Å². The maximum atomic E-state index is 11.1. The Morgan fingerprint density at radius 2 is 2.00 bits per heavy atom. The van der Waals surface area contributed by atoms with Gasteiger partial charge in [0, 0.05) is 30.1 Å². The number of hydrogen-bond donors (Lipinski definition) is 1. The molecular weight excluding hydrogens is 274 g/mol. The molecule has 0 aliphatic carbocycles. The molecule has 20 heavy (non-hydrogen) atoms. The largest absolute Gasteiger partial charge is 0.491 e. The quantitative estimate of drug-likeness (QED) is 0.905. The number of thioether (sulfide) groups is 1. The van der Waals surface area contributed by atoms with Gasteiger partial charge in [0.15, 0.2) is 0 Å². The zero-order valence-electron chi connectivity index (χ0n) is 11.9. The first-order valence-electron chi connectivity index (χ1n) is 6.89. The Morgan fingerprint density at radius 1 is 1.35 bits per heavy atom. The number of nitrogens with zero attached hydrogens (tertiary/aromatic N) is 1. The number of ether oxygens (including phenoxy) is 1. The minimum Gasteiger partial charge on any atom is -0.491 e. The van der Waals surface area contributed by atoms with Gasteiger partial charge >= 0.3 is 5.97 Å². The number of benzene rings is 1. The molecule has 1 heterocycles. The number of carboxylic acids is 1. The van der Waals surface area contributed by atoms with Gasteiger partial charge < -0.3 is 9.84 Å². The van der Waals surface area contributed by atoms with Crippen LogP contribution in [0.1, 0.15) is 24.2 Å². The Kier molecular flexibility index (Phi) is 5.31. The smallest absolute Gasteiger partial charge is 0.339 e. The van der Waals surface area contributed by atoms with Crippen molar-refractivity contribution in [3.05, 3.63) is 29.8 Å². The van der Waals surface area contributed by atoms with Gasteiger partial charge in [0.25, 0.3) is 0 Å². The molecule has 1 saturated heterocycles. The number of carbonyl (C=O) groups is 1. The molecule has 1 aliphatic heterocycles.